The minimum atomic E-state index is -0.186. The van der Waals surface area contributed by atoms with Crippen molar-refractivity contribution in [3.63, 3.8) is 0 Å². The third kappa shape index (κ3) is 4.31. The lowest BCUT2D eigenvalue weighted by atomic mass is 10.1. The third-order valence-electron chi connectivity index (χ3n) is 2.95. The smallest absolute Gasteiger partial charge is 0.256 e. The quantitative estimate of drug-likeness (QED) is 0.833. The molecule has 1 amide bonds. The van der Waals surface area contributed by atoms with Gasteiger partial charge in [-0.05, 0) is 65.9 Å². The lowest BCUT2D eigenvalue weighted by molar-refractivity contribution is 0.102. The van der Waals surface area contributed by atoms with Crippen molar-refractivity contribution in [3.05, 3.63) is 58.1 Å². The van der Waals surface area contributed by atoms with Gasteiger partial charge in [-0.15, -0.1) is 0 Å². The molecule has 21 heavy (non-hydrogen) atoms. The summed E-state index contributed by atoms with van der Waals surface area (Å²) in [6.07, 6.45) is 0. The van der Waals surface area contributed by atoms with E-state index < -0.39 is 0 Å². The highest BCUT2D eigenvalue weighted by Gasteiger charge is 2.10. The molecule has 0 aromatic heterocycles. The van der Waals surface area contributed by atoms with Crippen molar-refractivity contribution < 1.29 is 4.79 Å². The van der Waals surface area contributed by atoms with Gasteiger partial charge >= 0.3 is 0 Å². The Kier molecular flexibility index (Phi) is 4.98. The predicted octanol–water partition coefficient (Wildman–Crippen LogP) is 3.35. The molecule has 0 bridgehead atoms. The molecule has 0 heterocycles. The van der Waals surface area contributed by atoms with Gasteiger partial charge < -0.3 is 16.0 Å². The van der Waals surface area contributed by atoms with E-state index in [0.29, 0.717) is 11.3 Å². The fraction of sp³-hybridized carbons (Fsp3) is 0.188. The van der Waals surface area contributed by atoms with E-state index in [1.54, 1.807) is 18.2 Å². The summed E-state index contributed by atoms with van der Waals surface area (Å²) in [5.74, 6) is -0.186. The first-order chi connectivity index (χ1) is 9.95. The monoisotopic (exact) mass is 347 g/mol. The largest absolute Gasteiger partial charge is 0.399 e. The van der Waals surface area contributed by atoms with E-state index in [1.165, 1.54) is 5.56 Å². The summed E-state index contributed by atoms with van der Waals surface area (Å²) in [7, 11) is 4.04. The van der Waals surface area contributed by atoms with Crippen LogP contribution in [-0.4, -0.2) is 24.9 Å². The molecule has 0 spiro atoms. The Hall–Kier alpha value is -1.85. The first-order valence-corrected chi connectivity index (χ1v) is 7.35. The number of nitrogens with zero attached hydrogens (tertiary/aromatic N) is 1. The third-order valence-corrected chi connectivity index (χ3v) is 3.64. The Labute approximate surface area is 133 Å². The van der Waals surface area contributed by atoms with Crippen LogP contribution in [0.15, 0.2) is 46.9 Å². The van der Waals surface area contributed by atoms with Crippen molar-refractivity contribution in [3.8, 4) is 0 Å². The van der Waals surface area contributed by atoms with Gasteiger partial charge in [0, 0.05) is 22.4 Å². The number of halogens is 1. The van der Waals surface area contributed by atoms with Gasteiger partial charge in [-0.1, -0.05) is 12.1 Å². The van der Waals surface area contributed by atoms with E-state index >= 15 is 0 Å². The molecular formula is C16H18BrN3O. The molecule has 3 N–H and O–H groups in total. The summed E-state index contributed by atoms with van der Waals surface area (Å²) in [4.78, 5) is 14.3. The highest BCUT2D eigenvalue weighted by molar-refractivity contribution is 9.10. The van der Waals surface area contributed by atoms with Crippen LogP contribution < -0.4 is 11.1 Å². The molecule has 0 atom stereocenters. The highest BCUT2D eigenvalue weighted by Crippen LogP contribution is 2.21. The number of carbonyl (C=O) groups is 1. The standard InChI is InChI=1S/C16H18BrN3O/c1-20(2)10-11-3-6-13(7-4-11)19-16(21)14-9-12(18)5-8-15(14)17/h3-9H,10,18H2,1-2H3,(H,19,21). The number of nitrogen functional groups attached to an aromatic ring is 1. The molecule has 0 radical (unpaired) electrons. The van der Waals surface area contributed by atoms with Gasteiger partial charge in [-0.2, -0.15) is 0 Å². The van der Waals surface area contributed by atoms with Crippen LogP contribution in [0.25, 0.3) is 0 Å². The van der Waals surface area contributed by atoms with Crippen LogP contribution in [0.3, 0.4) is 0 Å². The Morgan fingerprint density at radius 2 is 1.86 bits per heavy atom. The van der Waals surface area contributed by atoms with Gasteiger partial charge in [0.1, 0.15) is 0 Å². The lowest BCUT2D eigenvalue weighted by Crippen LogP contribution is -2.13. The van der Waals surface area contributed by atoms with E-state index in [4.69, 9.17) is 5.73 Å². The second-order valence-electron chi connectivity index (χ2n) is 5.13. The van der Waals surface area contributed by atoms with Gasteiger partial charge in [0.15, 0.2) is 0 Å². The normalized spacial score (nSPS) is 10.7. The molecule has 2 aromatic rings. The van der Waals surface area contributed by atoms with Crippen molar-refractivity contribution in [1.29, 1.82) is 0 Å². The molecule has 4 nitrogen and oxygen atoms in total. The molecule has 2 rings (SSSR count). The fourth-order valence-electron chi connectivity index (χ4n) is 1.97. The summed E-state index contributed by atoms with van der Waals surface area (Å²) in [5, 5.41) is 2.87. The van der Waals surface area contributed by atoms with Crippen molar-refractivity contribution in [2.75, 3.05) is 25.1 Å². The predicted molar refractivity (Wildman–Crippen MR) is 90.3 cm³/mol. The van der Waals surface area contributed by atoms with Crippen molar-refractivity contribution in [2.45, 2.75) is 6.54 Å². The van der Waals surface area contributed by atoms with Gasteiger partial charge in [0.25, 0.3) is 5.91 Å². The van der Waals surface area contributed by atoms with Crippen molar-refractivity contribution in [2.24, 2.45) is 0 Å². The molecule has 0 fully saturated rings. The van der Waals surface area contributed by atoms with E-state index in [1.807, 2.05) is 38.4 Å². The van der Waals surface area contributed by atoms with Crippen LogP contribution in [-0.2, 0) is 6.54 Å². The number of carbonyl (C=O) groups excluding carboxylic acids is 1. The van der Waals surface area contributed by atoms with E-state index in [0.717, 1.165) is 16.7 Å². The van der Waals surface area contributed by atoms with Crippen LogP contribution in [0.2, 0.25) is 0 Å². The van der Waals surface area contributed by atoms with Gasteiger partial charge in [0.05, 0.1) is 5.56 Å². The number of hydrogen-bond acceptors (Lipinski definition) is 3. The number of anilines is 2. The van der Waals surface area contributed by atoms with E-state index in [9.17, 15) is 4.79 Å². The zero-order valence-electron chi connectivity index (χ0n) is 12.1. The second-order valence-corrected chi connectivity index (χ2v) is 5.98. The zero-order chi connectivity index (χ0) is 15.4. The lowest BCUT2D eigenvalue weighted by Gasteiger charge is -2.11. The average Bonchev–Trinajstić information content (AvgIpc) is 2.43. The number of nitrogens with two attached hydrogens (primary N) is 1. The van der Waals surface area contributed by atoms with Crippen LogP contribution in [0.4, 0.5) is 11.4 Å². The van der Waals surface area contributed by atoms with Crippen LogP contribution in [0.5, 0.6) is 0 Å². The molecule has 110 valence electrons. The number of hydrogen-bond donors (Lipinski definition) is 2. The summed E-state index contributed by atoms with van der Waals surface area (Å²) in [6, 6.07) is 13.0. The molecule has 0 aliphatic rings. The molecular weight excluding hydrogens is 330 g/mol. The molecule has 0 aliphatic heterocycles. The molecule has 2 aromatic carbocycles. The Morgan fingerprint density at radius 3 is 2.48 bits per heavy atom. The van der Waals surface area contributed by atoms with Crippen LogP contribution >= 0.6 is 15.9 Å². The maximum absolute atomic E-state index is 12.2. The first kappa shape index (κ1) is 15.5. The Bertz CT molecular complexity index is 638. The highest BCUT2D eigenvalue weighted by atomic mass is 79.9. The Balaban J connectivity index is 2.10. The SMILES string of the molecule is CN(C)Cc1ccc(NC(=O)c2cc(N)ccc2Br)cc1. The summed E-state index contributed by atoms with van der Waals surface area (Å²) in [5.41, 5.74) is 8.76. The van der Waals surface area contributed by atoms with Crippen LogP contribution in [0, 0.1) is 0 Å². The second kappa shape index (κ2) is 6.74. The number of rotatable bonds is 4. The van der Waals surface area contributed by atoms with Crippen molar-refractivity contribution in [1.82, 2.24) is 4.90 Å². The minimum absolute atomic E-state index is 0.186. The maximum Gasteiger partial charge on any atom is 0.256 e. The molecule has 0 saturated carbocycles. The van der Waals surface area contributed by atoms with E-state index in [-0.39, 0.29) is 5.91 Å². The molecule has 5 heteroatoms. The average molecular weight is 348 g/mol. The Morgan fingerprint density at radius 1 is 1.19 bits per heavy atom. The topological polar surface area (TPSA) is 58.4 Å². The van der Waals surface area contributed by atoms with Gasteiger partial charge in [0.2, 0.25) is 0 Å². The summed E-state index contributed by atoms with van der Waals surface area (Å²) >= 11 is 3.36. The zero-order valence-corrected chi connectivity index (χ0v) is 13.6. The van der Waals surface area contributed by atoms with Gasteiger partial charge in [-0.3, -0.25) is 4.79 Å². The van der Waals surface area contributed by atoms with Gasteiger partial charge in [-0.25, -0.2) is 0 Å². The van der Waals surface area contributed by atoms with Crippen molar-refractivity contribution >= 4 is 33.2 Å². The molecule has 0 saturated heterocycles. The number of benzene rings is 2. The first-order valence-electron chi connectivity index (χ1n) is 6.56. The fourth-order valence-corrected chi connectivity index (χ4v) is 2.40. The van der Waals surface area contributed by atoms with E-state index in [2.05, 4.69) is 26.1 Å². The molecule has 0 unspecified atom stereocenters. The minimum Gasteiger partial charge on any atom is -0.399 e. The summed E-state index contributed by atoms with van der Waals surface area (Å²) in [6.45, 7) is 0.870. The van der Waals surface area contributed by atoms with Crippen LogP contribution in [0.1, 0.15) is 15.9 Å². The summed E-state index contributed by atoms with van der Waals surface area (Å²) < 4.78 is 0.721. The molecule has 0 aliphatic carbocycles. The maximum atomic E-state index is 12.2. The number of amides is 1. The number of nitrogens with one attached hydrogen (secondary N) is 1.